The zero-order valence-electron chi connectivity index (χ0n) is 11.7. The van der Waals surface area contributed by atoms with Crippen LogP contribution in [0.3, 0.4) is 0 Å². The molecule has 21 heavy (non-hydrogen) atoms. The molecule has 4 nitrogen and oxygen atoms in total. The number of ether oxygens (including phenoxy) is 1. The molecule has 0 aliphatic heterocycles. The molecule has 0 bridgehead atoms. The van der Waals surface area contributed by atoms with Crippen molar-refractivity contribution in [2.75, 3.05) is 0 Å². The summed E-state index contributed by atoms with van der Waals surface area (Å²) >= 11 is 0. The van der Waals surface area contributed by atoms with Gasteiger partial charge in [-0.2, -0.15) is 0 Å². The summed E-state index contributed by atoms with van der Waals surface area (Å²) in [6.07, 6.45) is 4.89. The third-order valence-corrected chi connectivity index (χ3v) is 3.71. The molecule has 0 radical (unpaired) electrons. The van der Waals surface area contributed by atoms with Crippen LogP contribution in [0.25, 0.3) is 11.5 Å². The Kier molecular flexibility index (Phi) is 4.31. The van der Waals surface area contributed by atoms with Crippen LogP contribution in [0.15, 0.2) is 34.9 Å². The maximum Gasteiger partial charge on any atom is 0.226 e. The minimum atomic E-state index is -0.287. The van der Waals surface area contributed by atoms with Crippen molar-refractivity contribution in [1.29, 1.82) is 0 Å². The van der Waals surface area contributed by atoms with E-state index in [0.717, 1.165) is 24.8 Å². The third-order valence-electron chi connectivity index (χ3n) is 3.71. The molecule has 1 aromatic heterocycles. The van der Waals surface area contributed by atoms with E-state index in [2.05, 4.69) is 4.98 Å². The van der Waals surface area contributed by atoms with Crippen LogP contribution >= 0.6 is 0 Å². The molecule has 3 rings (SSSR count). The minimum absolute atomic E-state index is 0.0831. The maximum absolute atomic E-state index is 12.9. The lowest BCUT2D eigenvalue weighted by atomic mass is 9.95. The summed E-state index contributed by atoms with van der Waals surface area (Å²) < 4.78 is 24.0. The van der Waals surface area contributed by atoms with Gasteiger partial charge in [0.05, 0.1) is 18.8 Å². The van der Waals surface area contributed by atoms with E-state index in [0.29, 0.717) is 24.6 Å². The Morgan fingerprint density at radius 3 is 2.86 bits per heavy atom. The number of hydrogen-bond donors (Lipinski definition) is 1. The third kappa shape index (κ3) is 3.68. The van der Waals surface area contributed by atoms with Gasteiger partial charge in [-0.15, -0.1) is 0 Å². The molecule has 1 N–H and O–H groups in total. The molecule has 1 aliphatic carbocycles. The van der Waals surface area contributed by atoms with Crippen LogP contribution in [0.4, 0.5) is 4.39 Å². The summed E-state index contributed by atoms with van der Waals surface area (Å²) in [5, 5.41) is 9.61. The van der Waals surface area contributed by atoms with Crippen LogP contribution in [0.2, 0.25) is 0 Å². The number of aliphatic hydroxyl groups is 1. The summed E-state index contributed by atoms with van der Waals surface area (Å²) in [6.45, 7) is 0.363. The van der Waals surface area contributed by atoms with Crippen molar-refractivity contribution in [3.05, 3.63) is 42.0 Å². The van der Waals surface area contributed by atoms with Crippen molar-refractivity contribution in [2.24, 2.45) is 0 Å². The smallest absolute Gasteiger partial charge is 0.226 e. The largest absolute Gasteiger partial charge is 0.444 e. The highest BCUT2D eigenvalue weighted by Crippen LogP contribution is 2.23. The van der Waals surface area contributed by atoms with Crippen molar-refractivity contribution < 1.29 is 18.7 Å². The van der Waals surface area contributed by atoms with Gasteiger partial charge in [0.1, 0.15) is 17.8 Å². The molecule has 0 amide bonds. The van der Waals surface area contributed by atoms with Gasteiger partial charge in [0, 0.05) is 5.56 Å². The Morgan fingerprint density at radius 1 is 1.29 bits per heavy atom. The second-order valence-corrected chi connectivity index (χ2v) is 5.40. The predicted octanol–water partition coefficient (Wildman–Crippen LogP) is 3.30. The zero-order chi connectivity index (χ0) is 14.7. The van der Waals surface area contributed by atoms with Crippen molar-refractivity contribution in [3.63, 3.8) is 0 Å². The number of aromatic nitrogens is 1. The molecule has 2 atom stereocenters. The molecular weight excluding hydrogens is 273 g/mol. The lowest BCUT2D eigenvalue weighted by Gasteiger charge is -2.25. The van der Waals surface area contributed by atoms with Crippen molar-refractivity contribution >= 4 is 0 Å². The highest BCUT2D eigenvalue weighted by Gasteiger charge is 2.21. The molecule has 5 heteroatoms. The second-order valence-electron chi connectivity index (χ2n) is 5.40. The lowest BCUT2D eigenvalue weighted by molar-refractivity contribution is -0.0238. The Morgan fingerprint density at radius 2 is 2.10 bits per heavy atom. The van der Waals surface area contributed by atoms with Gasteiger partial charge in [-0.1, -0.05) is 0 Å². The lowest BCUT2D eigenvalue weighted by Crippen LogP contribution is -2.25. The molecule has 2 aromatic rings. The summed E-state index contributed by atoms with van der Waals surface area (Å²) in [5.41, 5.74) is 1.44. The van der Waals surface area contributed by atoms with Gasteiger partial charge in [-0.3, -0.25) is 0 Å². The normalized spacial score (nSPS) is 22.4. The fourth-order valence-electron chi connectivity index (χ4n) is 2.57. The topological polar surface area (TPSA) is 55.5 Å². The first-order valence-corrected chi connectivity index (χ1v) is 7.21. The van der Waals surface area contributed by atoms with Gasteiger partial charge in [-0.05, 0) is 49.9 Å². The molecule has 1 aliphatic rings. The van der Waals surface area contributed by atoms with Gasteiger partial charge in [-0.25, -0.2) is 9.37 Å². The Bertz CT molecular complexity index is 581. The van der Waals surface area contributed by atoms with E-state index in [9.17, 15) is 9.50 Å². The Labute approximate surface area is 122 Å². The Hall–Kier alpha value is -1.72. The highest BCUT2D eigenvalue weighted by atomic mass is 19.1. The molecule has 1 fully saturated rings. The summed E-state index contributed by atoms with van der Waals surface area (Å²) in [4.78, 5) is 4.34. The first-order valence-electron chi connectivity index (χ1n) is 7.21. The molecule has 1 heterocycles. The average molecular weight is 291 g/mol. The van der Waals surface area contributed by atoms with Crippen LogP contribution in [-0.4, -0.2) is 22.3 Å². The predicted molar refractivity (Wildman–Crippen MR) is 74.9 cm³/mol. The van der Waals surface area contributed by atoms with Gasteiger partial charge in [0.2, 0.25) is 5.89 Å². The molecule has 0 spiro atoms. The van der Waals surface area contributed by atoms with Crippen molar-refractivity contribution in [2.45, 2.75) is 44.5 Å². The van der Waals surface area contributed by atoms with E-state index in [1.54, 1.807) is 18.4 Å². The van der Waals surface area contributed by atoms with Crippen molar-refractivity contribution in [3.8, 4) is 11.5 Å². The van der Waals surface area contributed by atoms with Crippen molar-refractivity contribution in [1.82, 2.24) is 4.98 Å². The number of nitrogens with zero attached hydrogens (tertiary/aromatic N) is 1. The number of hydrogen-bond acceptors (Lipinski definition) is 4. The number of benzene rings is 1. The van der Waals surface area contributed by atoms with Gasteiger partial charge < -0.3 is 14.3 Å². The Balaban J connectivity index is 1.59. The van der Waals surface area contributed by atoms with Crippen LogP contribution < -0.4 is 0 Å². The van der Waals surface area contributed by atoms with Gasteiger partial charge >= 0.3 is 0 Å². The summed E-state index contributed by atoms with van der Waals surface area (Å²) in [5.74, 6) is 0.169. The number of aliphatic hydroxyl groups excluding tert-OH is 1. The molecule has 1 aromatic carbocycles. The summed E-state index contributed by atoms with van der Waals surface area (Å²) in [6, 6.07) is 6.00. The van der Waals surface area contributed by atoms with E-state index < -0.39 is 0 Å². The summed E-state index contributed by atoms with van der Waals surface area (Å²) in [7, 11) is 0. The highest BCUT2D eigenvalue weighted by molar-refractivity contribution is 5.52. The maximum atomic E-state index is 12.9. The van der Waals surface area contributed by atoms with E-state index in [-0.39, 0.29) is 18.0 Å². The van der Waals surface area contributed by atoms with E-state index in [1.165, 1.54) is 12.1 Å². The SMILES string of the molecule is O[C@@H]1CCC[C@@H](OCc2coc(-c3ccc(F)cc3)n2)C1. The number of rotatable bonds is 4. The fourth-order valence-corrected chi connectivity index (χ4v) is 2.57. The second kappa shape index (κ2) is 6.37. The number of halogens is 1. The fraction of sp³-hybridized carbons (Fsp3) is 0.438. The van der Waals surface area contributed by atoms with Gasteiger partial charge in [0.15, 0.2) is 0 Å². The molecular formula is C16H18FNO3. The van der Waals surface area contributed by atoms with E-state index in [1.807, 2.05) is 0 Å². The molecule has 0 unspecified atom stereocenters. The first kappa shape index (κ1) is 14.2. The first-order chi connectivity index (χ1) is 10.2. The minimum Gasteiger partial charge on any atom is -0.444 e. The molecule has 1 saturated carbocycles. The van der Waals surface area contributed by atoms with E-state index >= 15 is 0 Å². The van der Waals surface area contributed by atoms with Gasteiger partial charge in [0.25, 0.3) is 0 Å². The monoisotopic (exact) mass is 291 g/mol. The average Bonchev–Trinajstić information content (AvgIpc) is 2.95. The van der Waals surface area contributed by atoms with E-state index in [4.69, 9.17) is 9.15 Å². The van der Waals surface area contributed by atoms with Crippen LogP contribution in [0.5, 0.6) is 0 Å². The quantitative estimate of drug-likeness (QED) is 0.939. The van der Waals surface area contributed by atoms with Crippen LogP contribution in [0, 0.1) is 5.82 Å². The zero-order valence-corrected chi connectivity index (χ0v) is 11.7. The molecule has 0 saturated heterocycles. The molecule has 112 valence electrons. The van der Waals surface area contributed by atoms with Crippen LogP contribution in [0.1, 0.15) is 31.4 Å². The standard InChI is InChI=1S/C16H18FNO3/c17-12-6-4-11(5-7-12)16-18-13(10-21-16)9-20-15-3-1-2-14(19)8-15/h4-7,10,14-15,19H,1-3,8-9H2/t14-,15-/m1/s1. The number of oxazole rings is 1. The van der Waals surface area contributed by atoms with Crippen LogP contribution in [-0.2, 0) is 11.3 Å².